The Balaban J connectivity index is 0.00000261. The minimum Gasteiger partial charge on any atom is -0.377 e. The summed E-state index contributed by atoms with van der Waals surface area (Å²) >= 11 is 0. The predicted octanol–water partition coefficient (Wildman–Crippen LogP) is 2.00. The van der Waals surface area contributed by atoms with Gasteiger partial charge in [0.1, 0.15) is 0 Å². The molecule has 0 aromatic heterocycles. The molecule has 4 aliphatic rings. The number of rotatable bonds is 5. The quantitative estimate of drug-likeness (QED) is 0.349. The molecule has 27 heavy (non-hydrogen) atoms. The van der Waals surface area contributed by atoms with Gasteiger partial charge in [0, 0.05) is 70.9 Å². The van der Waals surface area contributed by atoms with E-state index in [0.29, 0.717) is 18.1 Å². The second kappa shape index (κ2) is 10.6. The summed E-state index contributed by atoms with van der Waals surface area (Å²) < 4.78 is 6.11. The van der Waals surface area contributed by atoms with E-state index in [0.717, 1.165) is 38.6 Å². The van der Waals surface area contributed by atoms with Gasteiger partial charge in [-0.1, -0.05) is 20.8 Å². The van der Waals surface area contributed by atoms with Crippen molar-refractivity contribution in [1.29, 1.82) is 0 Å². The molecule has 4 aliphatic heterocycles. The number of hydrogen-bond donors (Lipinski definition) is 2. The first-order chi connectivity index (χ1) is 12.5. The number of ether oxygens (including phenoxy) is 1. The molecule has 0 spiro atoms. The Morgan fingerprint density at radius 2 is 1.89 bits per heavy atom. The van der Waals surface area contributed by atoms with Crippen molar-refractivity contribution >= 4 is 29.9 Å². The first kappa shape index (κ1) is 23.2. The Morgan fingerprint density at radius 3 is 2.48 bits per heavy atom. The molecule has 0 aliphatic carbocycles. The van der Waals surface area contributed by atoms with Crippen LogP contribution in [0.4, 0.5) is 0 Å². The Morgan fingerprint density at radius 1 is 1.15 bits per heavy atom. The number of nitrogens with one attached hydrogen (secondary N) is 2. The first-order valence-electron chi connectivity index (χ1n) is 10.6. The van der Waals surface area contributed by atoms with Crippen LogP contribution in [0.1, 0.15) is 40.5 Å². The van der Waals surface area contributed by atoms with Crippen LogP contribution in [0.2, 0.25) is 0 Å². The van der Waals surface area contributed by atoms with Gasteiger partial charge in [0.2, 0.25) is 0 Å². The van der Waals surface area contributed by atoms with Crippen molar-refractivity contribution in [1.82, 2.24) is 20.4 Å². The van der Waals surface area contributed by atoms with Crippen molar-refractivity contribution in [3.8, 4) is 0 Å². The van der Waals surface area contributed by atoms with Crippen molar-refractivity contribution < 1.29 is 4.74 Å². The minimum atomic E-state index is 0. The Hall–Kier alpha value is -0.120. The normalized spacial score (nSPS) is 34.1. The largest absolute Gasteiger partial charge is 0.377 e. The van der Waals surface area contributed by atoms with Crippen LogP contribution in [0.5, 0.6) is 0 Å². The average Bonchev–Trinajstić information content (AvgIpc) is 2.64. The van der Waals surface area contributed by atoms with Gasteiger partial charge in [-0.2, -0.15) is 0 Å². The minimum absolute atomic E-state index is 0. The van der Waals surface area contributed by atoms with Crippen LogP contribution < -0.4 is 10.6 Å². The number of nitrogens with zero attached hydrogens (tertiary/aromatic N) is 3. The lowest BCUT2D eigenvalue weighted by Crippen LogP contribution is -2.63. The zero-order valence-electron chi connectivity index (χ0n) is 17.7. The predicted molar refractivity (Wildman–Crippen MR) is 123 cm³/mol. The van der Waals surface area contributed by atoms with Gasteiger partial charge in [-0.3, -0.25) is 14.8 Å². The monoisotopic (exact) mass is 493 g/mol. The summed E-state index contributed by atoms with van der Waals surface area (Å²) in [4.78, 5) is 10.1. The molecule has 0 aromatic rings. The van der Waals surface area contributed by atoms with Crippen LogP contribution >= 0.6 is 24.0 Å². The molecule has 158 valence electrons. The third-order valence-electron chi connectivity index (χ3n) is 6.02. The fourth-order valence-corrected chi connectivity index (χ4v) is 4.67. The second-order valence-electron chi connectivity index (χ2n) is 9.15. The lowest BCUT2D eigenvalue weighted by atomic mass is 9.78. The van der Waals surface area contributed by atoms with Gasteiger partial charge in [-0.05, 0) is 25.2 Å². The average molecular weight is 493 g/mol. The standard InChI is InChI=1S/C20H39N5O.HI/c1-5-21-19(23-14-17-15-24-8-10-25(17)11-9-24)22-13-16-7-6-12-26-18(16)20(2,3)4;/h16-18H,5-15H2,1-4H3,(H2,21,22,23);1H. The van der Waals surface area contributed by atoms with Crippen molar-refractivity contribution in [2.45, 2.75) is 52.7 Å². The fourth-order valence-electron chi connectivity index (χ4n) is 4.67. The Kier molecular flexibility index (Phi) is 9.09. The lowest BCUT2D eigenvalue weighted by Gasteiger charge is -2.47. The molecule has 7 heteroatoms. The maximum atomic E-state index is 6.11. The van der Waals surface area contributed by atoms with Crippen LogP contribution in [0.3, 0.4) is 0 Å². The summed E-state index contributed by atoms with van der Waals surface area (Å²) in [7, 11) is 0. The number of aliphatic imine (C=N–C) groups is 1. The van der Waals surface area contributed by atoms with E-state index in [4.69, 9.17) is 9.73 Å². The molecule has 6 nitrogen and oxygen atoms in total. The van der Waals surface area contributed by atoms with E-state index in [-0.39, 0.29) is 29.4 Å². The number of piperazine rings is 3. The number of halogens is 1. The molecule has 2 bridgehead atoms. The van der Waals surface area contributed by atoms with Gasteiger partial charge in [0.25, 0.3) is 0 Å². The van der Waals surface area contributed by atoms with E-state index in [1.54, 1.807) is 0 Å². The Bertz CT molecular complexity index is 473. The highest BCUT2D eigenvalue weighted by Gasteiger charge is 2.35. The molecule has 0 saturated carbocycles. The maximum Gasteiger partial charge on any atom is 0.191 e. The van der Waals surface area contributed by atoms with Gasteiger partial charge in [-0.15, -0.1) is 24.0 Å². The molecule has 0 amide bonds. The van der Waals surface area contributed by atoms with E-state index in [1.165, 1.54) is 39.1 Å². The summed E-state index contributed by atoms with van der Waals surface area (Å²) in [5.74, 6) is 1.48. The molecular weight excluding hydrogens is 453 g/mol. The summed E-state index contributed by atoms with van der Waals surface area (Å²) in [6.07, 6.45) is 2.68. The van der Waals surface area contributed by atoms with Crippen LogP contribution in [0, 0.1) is 11.3 Å². The van der Waals surface area contributed by atoms with Crippen molar-refractivity contribution in [3.05, 3.63) is 0 Å². The highest BCUT2D eigenvalue weighted by Crippen LogP contribution is 2.34. The fraction of sp³-hybridized carbons (Fsp3) is 0.950. The van der Waals surface area contributed by atoms with E-state index in [1.807, 2.05) is 0 Å². The first-order valence-corrected chi connectivity index (χ1v) is 10.6. The van der Waals surface area contributed by atoms with Crippen molar-refractivity contribution in [2.24, 2.45) is 16.3 Å². The third kappa shape index (κ3) is 6.44. The van der Waals surface area contributed by atoms with E-state index in [9.17, 15) is 0 Å². The summed E-state index contributed by atoms with van der Waals surface area (Å²) in [5, 5.41) is 7.02. The number of hydrogen-bond acceptors (Lipinski definition) is 4. The topological polar surface area (TPSA) is 52.1 Å². The SMILES string of the molecule is CCNC(=NCC1CCCOC1C(C)(C)C)NCC1CN2CCN1CC2.I. The van der Waals surface area contributed by atoms with Gasteiger partial charge < -0.3 is 15.4 Å². The molecule has 3 unspecified atom stereocenters. The summed E-state index contributed by atoms with van der Waals surface area (Å²) in [6.45, 7) is 18.7. The molecule has 3 atom stereocenters. The van der Waals surface area contributed by atoms with Crippen LogP contribution in [-0.4, -0.2) is 86.9 Å². The summed E-state index contributed by atoms with van der Waals surface area (Å²) in [5.41, 5.74) is 0.176. The lowest BCUT2D eigenvalue weighted by molar-refractivity contribution is -0.0823. The highest BCUT2D eigenvalue weighted by molar-refractivity contribution is 14.0. The van der Waals surface area contributed by atoms with Crippen molar-refractivity contribution in [3.63, 3.8) is 0 Å². The van der Waals surface area contributed by atoms with Crippen LogP contribution in [0.25, 0.3) is 0 Å². The smallest absolute Gasteiger partial charge is 0.191 e. The van der Waals surface area contributed by atoms with Gasteiger partial charge in [-0.25, -0.2) is 0 Å². The van der Waals surface area contributed by atoms with Gasteiger partial charge >= 0.3 is 0 Å². The maximum absolute atomic E-state index is 6.11. The molecule has 4 fully saturated rings. The van der Waals surface area contributed by atoms with Crippen molar-refractivity contribution in [2.75, 3.05) is 59.0 Å². The van der Waals surface area contributed by atoms with E-state index >= 15 is 0 Å². The van der Waals surface area contributed by atoms with Gasteiger partial charge in [0.15, 0.2) is 5.96 Å². The highest BCUT2D eigenvalue weighted by atomic mass is 127. The third-order valence-corrected chi connectivity index (χ3v) is 6.02. The number of guanidine groups is 1. The van der Waals surface area contributed by atoms with Gasteiger partial charge in [0.05, 0.1) is 6.10 Å². The molecule has 0 aromatic carbocycles. The van der Waals surface area contributed by atoms with E-state index in [2.05, 4.69) is 48.1 Å². The zero-order valence-corrected chi connectivity index (χ0v) is 20.0. The molecule has 0 radical (unpaired) electrons. The van der Waals surface area contributed by atoms with Crippen LogP contribution in [-0.2, 0) is 4.74 Å². The molecular formula is C20H40IN5O. The molecule has 4 rings (SSSR count). The summed E-state index contributed by atoms with van der Waals surface area (Å²) in [6, 6.07) is 0.613. The Labute approximate surface area is 182 Å². The molecule has 4 heterocycles. The molecule has 4 saturated heterocycles. The van der Waals surface area contributed by atoms with E-state index < -0.39 is 0 Å². The zero-order chi connectivity index (χ0) is 18.6. The molecule has 2 N–H and O–H groups in total. The van der Waals surface area contributed by atoms with Crippen LogP contribution in [0.15, 0.2) is 4.99 Å². The second-order valence-corrected chi connectivity index (χ2v) is 9.15. The number of fused-ring (bicyclic) bond motifs is 3.